The normalized spacial score (nSPS) is 12.5. The summed E-state index contributed by atoms with van der Waals surface area (Å²) in [5.41, 5.74) is 11.8. The van der Waals surface area contributed by atoms with Crippen LogP contribution in [-0.4, -0.2) is 30.3 Å². The minimum atomic E-state index is -2.77. The molecule has 14 rings (SSSR count). The van der Waals surface area contributed by atoms with Gasteiger partial charge in [0.15, 0.2) is 16.1 Å². The number of pyridine rings is 1. The molecule has 14 aromatic rings. The summed E-state index contributed by atoms with van der Waals surface area (Å²) in [4.78, 5) is 4.95. The molecule has 91 heavy (non-hydrogen) atoms. The van der Waals surface area contributed by atoms with Gasteiger partial charge in [-0.3, -0.25) is 13.7 Å². The Morgan fingerprint density at radius 1 is 0.385 bits per heavy atom. The van der Waals surface area contributed by atoms with Crippen LogP contribution in [0.1, 0.15) is 67.9 Å². The minimum Gasteiger partial charge on any atom is -0.458 e. The van der Waals surface area contributed by atoms with Crippen LogP contribution in [0.4, 0.5) is 0 Å². The van der Waals surface area contributed by atoms with Crippen molar-refractivity contribution in [2.75, 3.05) is 0 Å². The molecule has 0 aliphatic heterocycles. The molecule has 7 heteroatoms. The SMILES string of the molecule is CC(C)(C)c1ccnc(-n2c3ccccc3c3ccc(Oc4cccc(-n5[c-][n+](-c6c(-c7cccc([Si](c8ccccc8)(c8ccccc8)C(C)(C)C)c7)cccc6-c6cccc([Si](c7ccccc7)(c7ccccc7)C(C)(C)C)c6)c6ccccc65)c4)cc32)c1. The van der Waals surface area contributed by atoms with E-state index in [0.29, 0.717) is 5.75 Å². The lowest BCUT2D eigenvalue weighted by molar-refractivity contribution is -0.571. The topological polar surface area (TPSA) is 35.9 Å². The highest BCUT2D eigenvalue weighted by Gasteiger charge is 2.50. The zero-order valence-electron chi connectivity index (χ0n) is 53.5. The van der Waals surface area contributed by atoms with E-state index in [9.17, 15) is 0 Å². The number of para-hydroxylation sites is 4. The zero-order chi connectivity index (χ0) is 62.7. The Hall–Kier alpha value is -9.93. The van der Waals surface area contributed by atoms with Crippen molar-refractivity contribution >= 4 is 80.1 Å². The van der Waals surface area contributed by atoms with Crippen molar-refractivity contribution in [2.24, 2.45) is 0 Å². The first-order valence-electron chi connectivity index (χ1n) is 31.8. The van der Waals surface area contributed by atoms with Gasteiger partial charge in [0.05, 0.1) is 33.4 Å². The lowest BCUT2D eigenvalue weighted by Crippen LogP contribution is -2.72. The van der Waals surface area contributed by atoms with Gasteiger partial charge in [0.2, 0.25) is 0 Å². The Morgan fingerprint density at radius 3 is 1.38 bits per heavy atom. The molecule has 3 heterocycles. The molecule has 0 unspecified atom stereocenters. The quantitative estimate of drug-likeness (QED) is 0.0499. The first kappa shape index (κ1) is 58.7. The second kappa shape index (κ2) is 23.1. The smallest absolute Gasteiger partial charge is 0.269 e. The summed E-state index contributed by atoms with van der Waals surface area (Å²) in [6, 6.07) is 108. The number of ether oxygens (including phenoxy) is 1. The summed E-state index contributed by atoms with van der Waals surface area (Å²) < 4.78 is 13.8. The highest BCUT2D eigenvalue weighted by Crippen LogP contribution is 2.42. The standard InChI is InChI=1S/C84H76N4OSi2/c1-82(2,3)62-52-53-85-80(56-62)88-76-47-23-22-44-74(76)75-51-50-65(58-79(75)88)89-64-33-28-32-63(57-64)86-59-87(78-49-25-24-48-77(78)86)81-72(60-30-26-42-70(54-60)90(83(4,5)6,66-34-14-10-15-35-66)67-36-16-11-17-37-67)45-29-46-73(81)61-31-27-43-71(55-61)91(84(7,8)9,68-38-18-12-19-39-68)69-40-20-13-21-41-69/h10-58H,1-9H3. The van der Waals surface area contributed by atoms with Crippen molar-refractivity contribution in [3.63, 3.8) is 0 Å². The molecule has 0 saturated carbocycles. The molecule has 0 spiro atoms. The fourth-order valence-corrected chi connectivity index (χ4v) is 26.4. The van der Waals surface area contributed by atoms with Gasteiger partial charge in [0, 0.05) is 23.0 Å². The molecule has 5 nitrogen and oxygen atoms in total. The van der Waals surface area contributed by atoms with Crippen LogP contribution in [0, 0.1) is 6.33 Å². The molecular weight excluding hydrogens is 1140 g/mol. The summed E-state index contributed by atoms with van der Waals surface area (Å²) in [7, 11) is -5.54. The largest absolute Gasteiger partial charge is 0.458 e. The highest BCUT2D eigenvalue weighted by molar-refractivity contribution is 7.14. The fraction of sp³-hybridized carbons (Fsp3) is 0.143. The molecule has 0 atom stereocenters. The van der Waals surface area contributed by atoms with E-state index in [0.717, 1.165) is 72.6 Å². The number of rotatable bonds is 13. The first-order valence-corrected chi connectivity index (χ1v) is 35.8. The summed E-state index contributed by atoms with van der Waals surface area (Å²) >= 11 is 0. The van der Waals surface area contributed by atoms with Crippen molar-refractivity contribution in [3.8, 4) is 50.9 Å². The number of aromatic nitrogens is 4. The molecule has 446 valence electrons. The van der Waals surface area contributed by atoms with E-state index < -0.39 is 16.1 Å². The maximum atomic E-state index is 6.96. The van der Waals surface area contributed by atoms with Crippen LogP contribution in [0.5, 0.6) is 11.5 Å². The number of hydrogen-bond acceptors (Lipinski definition) is 2. The Kier molecular flexibility index (Phi) is 14.9. The predicted molar refractivity (Wildman–Crippen MR) is 386 cm³/mol. The van der Waals surface area contributed by atoms with Gasteiger partial charge < -0.3 is 4.74 Å². The molecule has 0 aliphatic carbocycles. The first-order chi connectivity index (χ1) is 44.0. The van der Waals surface area contributed by atoms with E-state index in [4.69, 9.17) is 9.72 Å². The van der Waals surface area contributed by atoms with Gasteiger partial charge in [-0.25, -0.2) is 4.98 Å². The molecule has 11 aromatic carbocycles. The third kappa shape index (κ3) is 10.2. The number of fused-ring (bicyclic) bond motifs is 4. The van der Waals surface area contributed by atoms with Crippen molar-refractivity contribution in [2.45, 2.75) is 77.8 Å². The van der Waals surface area contributed by atoms with Crippen molar-refractivity contribution in [3.05, 3.63) is 309 Å². The van der Waals surface area contributed by atoms with E-state index in [1.54, 1.807) is 0 Å². The summed E-state index contributed by atoms with van der Waals surface area (Å²) in [5.74, 6) is 2.33. The molecule has 0 N–H and O–H groups in total. The third-order valence-electron chi connectivity index (χ3n) is 18.9. The van der Waals surface area contributed by atoms with Crippen LogP contribution < -0.4 is 40.4 Å². The Morgan fingerprint density at radius 2 is 0.846 bits per heavy atom. The third-order valence-corrected chi connectivity index (χ3v) is 30.6. The molecular formula is C84H76N4OSi2. The average Bonchev–Trinajstić information content (AvgIpc) is 1.96. The lowest BCUT2D eigenvalue weighted by atomic mass is 9.88. The van der Waals surface area contributed by atoms with Gasteiger partial charge >= 0.3 is 0 Å². The maximum absolute atomic E-state index is 6.96. The monoisotopic (exact) mass is 1210 g/mol. The molecule has 0 radical (unpaired) electrons. The number of nitrogens with zero attached hydrogens (tertiary/aromatic N) is 4. The summed E-state index contributed by atoms with van der Waals surface area (Å²) in [6.45, 7) is 21.4. The van der Waals surface area contributed by atoms with Crippen molar-refractivity contribution < 1.29 is 9.30 Å². The molecule has 0 saturated heterocycles. The molecule has 3 aromatic heterocycles. The Balaban J connectivity index is 0.964. The minimum absolute atomic E-state index is 0.0413. The molecule has 0 bridgehead atoms. The van der Waals surface area contributed by atoms with Crippen molar-refractivity contribution in [1.29, 1.82) is 0 Å². The lowest BCUT2D eigenvalue weighted by Gasteiger charge is -2.45. The van der Waals surface area contributed by atoms with Crippen LogP contribution in [0.15, 0.2) is 297 Å². The number of hydrogen-bond donors (Lipinski definition) is 0. The van der Waals surface area contributed by atoms with Gasteiger partial charge in [-0.05, 0) is 123 Å². The van der Waals surface area contributed by atoms with E-state index in [1.165, 1.54) is 42.1 Å². The number of benzene rings is 11. The van der Waals surface area contributed by atoms with Crippen LogP contribution in [-0.2, 0) is 5.41 Å². The van der Waals surface area contributed by atoms with Crippen molar-refractivity contribution in [1.82, 2.24) is 14.1 Å². The summed E-state index contributed by atoms with van der Waals surface area (Å²) in [5, 5.41) is 10.4. The second-order valence-electron chi connectivity index (χ2n) is 27.4. The van der Waals surface area contributed by atoms with Crippen LogP contribution in [0.25, 0.3) is 72.3 Å². The second-order valence-corrected chi connectivity index (χ2v) is 36.8. The summed E-state index contributed by atoms with van der Waals surface area (Å²) in [6.07, 6.45) is 5.97. The molecule has 0 amide bonds. The molecule has 0 aliphatic rings. The zero-order valence-corrected chi connectivity index (χ0v) is 55.5. The molecule has 0 fully saturated rings. The predicted octanol–water partition coefficient (Wildman–Crippen LogP) is 17.2. The van der Waals surface area contributed by atoms with Gasteiger partial charge in [0.25, 0.3) is 6.33 Å². The van der Waals surface area contributed by atoms with Crippen LogP contribution >= 0.6 is 0 Å². The van der Waals surface area contributed by atoms with E-state index in [1.807, 2.05) is 12.3 Å². The average molecular weight is 1210 g/mol. The van der Waals surface area contributed by atoms with Gasteiger partial charge in [-0.2, -0.15) is 0 Å². The van der Waals surface area contributed by atoms with E-state index in [-0.39, 0.29) is 15.5 Å². The maximum Gasteiger partial charge on any atom is 0.269 e. The van der Waals surface area contributed by atoms with E-state index in [2.05, 4.69) is 367 Å². The van der Waals surface area contributed by atoms with Gasteiger partial charge in [-0.15, -0.1) is 0 Å². The van der Waals surface area contributed by atoms with Crippen LogP contribution in [0.3, 0.4) is 0 Å². The van der Waals surface area contributed by atoms with Gasteiger partial charge in [-0.1, -0.05) is 299 Å². The Labute approximate surface area is 538 Å². The van der Waals surface area contributed by atoms with E-state index >= 15 is 0 Å². The Bertz CT molecular complexity index is 4730. The van der Waals surface area contributed by atoms with Crippen LogP contribution in [0.2, 0.25) is 10.1 Å². The highest BCUT2D eigenvalue weighted by atomic mass is 28.3. The number of imidazole rings is 1. The van der Waals surface area contributed by atoms with Gasteiger partial charge in [0.1, 0.15) is 17.3 Å². The fourth-order valence-electron chi connectivity index (χ4n) is 14.9.